The van der Waals surface area contributed by atoms with Gasteiger partial charge in [-0.15, -0.1) is 11.3 Å². The second-order valence-corrected chi connectivity index (χ2v) is 7.13. The molecule has 1 aliphatic carbocycles. The number of rotatable bonds is 3. The first-order valence-electron chi connectivity index (χ1n) is 6.12. The van der Waals surface area contributed by atoms with Crippen molar-refractivity contribution in [3.05, 3.63) is 10.6 Å². The van der Waals surface area contributed by atoms with E-state index >= 15 is 0 Å². The zero-order chi connectivity index (χ0) is 12.6. The van der Waals surface area contributed by atoms with E-state index in [1.54, 1.807) is 11.3 Å². The monoisotopic (exact) mass is 285 g/mol. The van der Waals surface area contributed by atoms with Crippen LogP contribution in [0.2, 0.25) is 0 Å². The lowest BCUT2D eigenvalue weighted by Crippen LogP contribution is -2.32. The third kappa shape index (κ3) is 2.17. The highest BCUT2D eigenvalue weighted by Gasteiger charge is 2.42. The topological polar surface area (TPSA) is 59.4 Å². The highest BCUT2D eigenvalue weighted by molar-refractivity contribution is 8.01. The van der Waals surface area contributed by atoms with Gasteiger partial charge in [-0.3, -0.25) is 4.79 Å². The Hall–Kier alpha value is -0.590. The highest BCUT2D eigenvalue weighted by Crippen LogP contribution is 2.48. The van der Waals surface area contributed by atoms with Gasteiger partial charge in [0.1, 0.15) is 0 Å². The average molecular weight is 285 g/mol. The molecule has 98 valence electrons. The summed E-state index contributed by atoms with van der Waals surface area (Å²) in [6.07, 6.45) is 4.41. The molecule has 3 rings (SSSR count). The van der Waals surface area contributed by atoms with Crippen molar-refractivity contribution < 1.29 is 14.6 Å². The molecule has 6 heteroatoms. The zero-order valence-corrected chi connectivity index (χ0v) is 11.6. The summed E-state index contributed by atoms with van der Waals surface area (Å²) in [7, 11) is 0. The van der Waals surface area contributed by atoms with Crippen molar-refractivity contribution in [2.24, 2.45) is 0 Å². The standard InChI is InChI=1S/C12H15NO3S2/c14-9(15)7-17-11-13-10-8(18-11)1-2-12(10)3-5-16-6-4-12/h1-7H2,(H,14,15). The SMILES string of the molecule is O=C(O)CSc1nc2c(s1)CCC21CCOCC1. The second-order valence-electron chi connectivity index (χ2n) is 4.83. The third-order valence-electron chi connectivity index (χ3n) is 3.78. The number of carboxylic acid groups (broad SMARTS) is 1. The van der Waals surface area contributed by atoms with Crippen LogP contribution in [0.25, 0.3) is 0 Å². The molecule has 4 nitrogen and oxygen atoms in total. The summed E-state index contributed by atoms with van der Waals surface area (Å²) in [5.41, 5.74) is 1.47. The summed E-state index contributed by atoms with van der Waals surface area (Å²) >= 11 is 3.02. The van der Waals surface area contributed by atoms with E-state index in [2.05, 4.69) is 0 Å². The second kappa shape index (κ2) is 4.83. The van der Waals surface area contributed by atoms with E-state index in [4.69, 9.17) is 14.8 Å². The van der Waals surface area contributed by atoms with E-state index in [0.29, 0.717) is 0 Å². The van der Waals surface area contributed by atoms with Gasteiger partial charge in [0, 0.05) is 23.5 Å². The first-order chi connectivity index (χ1) is 8.70. The lowest BCUT2D eigenvalue weighted by atomic mass is 9.78. The van der Waals surface area contributed by atoms with Crippen LogP contribution in [-0.2, 0) is 21.4 Å². The van der Waals surface area contributed by atoms with Gasteiger partial charge >= 0.3 is 5.97 Å². The van der Waals surface area contributed by atoms with E-state index in [1.165, 1.54) is 28.8 Å². The lowest BCUT2D eigenvalue weighted by Gasteiger charge is -2.32. The van der Waals surface area contributed by atoms with Crippen LogP contribution >= 0.6 is 23.1 Å². The molecule has 1 aliphatic heterocycles. The maximum absolute atomic E-state index is 10.6. The minimum Gasteiger partial charge on any atom is -0.481 e. The summed E-state index contributed by atoms with van der Waals surface area (Å²) in [4.78, 5) is 16.7. The van der Waals surface area contributed by atoms with Gasteiger partial charge < -0.3 is 9.84 Å². The smallest absolute Gasteiger partial charge is 0.313 e. The van der Waals surface area contributed by atoms with Gasteiger partial charge in [0.25, 0.3) is 0 Å². The van der Waals surface area contributed by atoms with Gasteiger partial charge in [0.2, 0.25) is 0 Å². The molecule has 2 aliphatic rings. The number of ether oxygens (including phenoxy) is 1. The minimum absolute atomic E-state index is 0.0997. The number of fused-ring (bicyclic) bond motifs is 2. The fraction of sp³-hybridized carbons (Fsp3) is 0.667. The molecule has 0 saturated carbocycles. The number of nitrogens with zero attached hydrogens (tertiary/aromatic N) is 1. The summed E-state index contributed by atoms with van der Waals surface area (Å²) < 4.78 is 6.36. The first-order valence-corrected chi connectivity index (χ1v) is 7.92. The van der Waals surface area contributed by atoms with Gasteiger partial charge in [0.05, 0.1) is 11.4 Å². The van der Waals surface area contributed by atoms with E-state index < -0.39 is 5.97 Å². The molecule has 1 spiro atoms. The number of thioether (sulfide) groups is 1. The van der Waals surface area contributed by atoms with Crippen molar-refractivity contribution in [2.75, 3.05) is 19.0 Å². The van der Waals surface area contributed by atoms with Crippen molar-refractivity contribution in [1.29, 1.82) is 0 Å². The minimum atomic E-state index is -0.781. The van der Waals surface area contributed by atoms with Crippen LogP contribution in [0, 0.1) is 0 Å². The van der Waals surface area contributed by atoms with Crippen LogP contribution < -0.4 is 0 Å². The third-order valence-corrected chi connectivity index (χ3v) is 6.02. The number of aromatic nitrogens is 1. The quantitative estimate of drug-likeness (QED) is 0.864. The van der Waals surface area contributed by atoms with Crippen molar-refractivity contribution in [1.82, 2.24) is 4.98 Å². The normalized spacial score (nSPS) is 21.1. The largest absolute Gasteiger partial charge is 0.481 e. The van der Waals surface area contributed by atoms with Gasteiger partial charge in [-0.1, -0.05) is 11.8 Å². The number of carboxylic acids is 1. The van der Waals surface area contributed by atoms with Crippen LogP contribution in [-0.4, -0.2) is 35.0 Å². The molecule has 1 saturated heterocycles. The predicted octanol–water partition coefficient (Wildman–Crippen LogP) is 2.31. The number of hydrogen-bond donors (Lipinski definition) is 1. The zero-order valence-electron chi connectivity index (χ0n) is 9.98. The molecular weight excluding hydrogens is 270 g/mol. The number of hydrogen-bond acceptors (Lipinski definition) is 5. The van der Waals surface area contributed by atoms with E-state index in [0.717, 1.165) is 36.8 Å². The summed E-state index contributed by atoms with van der Waals surface area (Å²) in [6.45, 7) is 1.66. The van der Waals surface area contributed by atoms with Crippen molar-refractivity contribution >= 4 is 29.1 Å². The number of carbonyl (C=O) groups is 1. The molecule has 1 aromatic rings. The van der Waals surface area contributed by atoms with Crippen LogP contribution in [0.5, 0.6) is 0 Å². The Morgan fingerprint density at radius 2 is 2.22 bits per heavy atom. The van der Waals surface area contributed by atoms with Crippen LogP contribution in [0.3, 0.4) is 0 Å². The molecule has 1 N–H and O–H groups in total. The van der Waals surface area contributed by atoms with Crippen molar-refractivity contribution in [2.45, 2.75) is 35.4 Å². The van der Waals surface area contributed by atoms with Crippen LogP contribution in [0.4, 0.5) is 0 Å². The molecule has 0 unspecified atom stereocenters. The molecule has 18 heavy (non-hydrogen) atoms. The molecule has 1 aromatic heterocycles. The molecular formula is C12H15NO3S2. The van der Waals surface area contributed by atoms with Crippen LogP contribution in [0.15, 0.2) is 4.34 Å². The van der Waals surface area contributed by atoms with Gasteiger partial charge in [-0.05, 0) is 25.7 Å². The van der Waals surface area contributed by atoms with E-state index in [-0.39, 0.29) is 11.2 Å². The van der Waals surface area contributed by atoms with Gasteiger partial charge in [0.15, 0.2) is 4.34 Å². The van der Waals surface area contributed by atoms with Gasteiger partial charge in [-0.25, -0.2) is 4.98 Å². The summed E-state index contributed by atoms with van der Waals surface area (Å²) in [6, 6.07) is 0. The van der Waals surface area contributed by atoms with Crippen molar-refractivity contribution in [3.63, 3.8) is 0 Å². The Morgan fingerprint density at radius 1 is 1.44 bits per heavy atom. The Morgan fingerprint density at radius 3 is 2.94 bits per heavy atom. The molecule has 0 bridgehead atoms. The first kappa shape index (κ1) is 12.4. The maximum Gasteiger partial charge on any atom is 0.313 e. The Bertz CT molecular complexity index is 466. The fourth-order valence-electron chi connectivity index (χ4n) is 2.82. The van der Waals surface area contributed by atoms with Crippen molar-refractivity contribution in [3.8, 4) is 0 Å². The summed E-state index contributed by atoms with van der Waals surface area (Å²) in [5, 5.41) is 8.70. The molecule has 0 aromatic carbocycles. The van der Waals surface area contributed by atoms with Crippen LogP contribution in [0.1, 0.15) is 29.8 Å². The molecule has 0 atom stereocenters. The Balaban J connectivity index is 1.80. The fourth-order valence-corrected chi connectivity index (χ4v) is 4.85. The lowest BCUT2D eigenvalue weighted by molar-refractivity contribution is -0.133. The highest BCUT2D eigenvalue weighted by atomic mass is 32.2. The van der Waals surface area contributed by atoms with E-state index in [1.807, 2.05) is 0 Å². The average Bonchev–Trinajstić information content (AvgIpc) is 2.90. The predicted molar refractivity (Wildman–Crippen MR) is 70.5 cm³/mol. The number of aryl methyl sites for hydroxylation is 1. The molecule has 2 heterocycles. The van der Waals surface area contributed by atoms with E-state index in [9.17, 15) is 4.79 Å². The maximum atomic E-state index is 10.6. The molecule has 1 fully saturated rings. The van der Waals surface area contributed by atoms with Gasteiger partial charge in [-0.2, -0.15) is 0 Å². The molecule has 0 radical (unpaired) electrons. The molecule has 0 amide bonds. The number of thiazole rings is 1. The Labute approximate surface area is 114 Å². The Kier molecular flexibility index (Phi) is 3.34. The number of aliphatic carboxylic acids is 1. The summed E-state index contributed by atoms with van der Waals surface area (Å²) in [5.74, 6) is -0.682.